The fourth-order valence-electron chi connectivity index (χ4n) is 5.72. The van der Waals surface area contributed by atoms with E-state index in [9.17, 15) is 4.79 Å². The van der Waals surface area contributed by atoms with Gasteiger partial charge in [0.1, 0.15) is 29.2 Å². The van der Waals surface area contributed by atoms with Crippen LogP contribution < -0.4 is 4.74 Å². The first-order valence-corrected chi connectivity index (χ1v) is 12.1. The molecule has 1 aromatic rings. The fourth-order valence-corrected chi connectivity index (χ4v) is 5.72. The van der Waals surface area contributed by atoms with E-state index in [2.05, 4.69) is 27.7 Å². The zero-order chi connectivity index (χ0) is 23.8. The maximum Gasteiger partial charge on any atom is 0.331 e. The Morgan fingerprint density at radius 2 is 1.91 bits per heavy atom. The largest absolute Gasteiger partial charge is 0.497 e. The molecule has 3 fully saturated rings. The van der Waals surface area contributed by atoms with Gasteiger partial charge < -0.3 is 23.7 Å². The Bertz CT molecular complexity index is 858. The number of carbonyl (C=O) groups is 1. The molecule has 1 aliphatic carbocycles. The molecule has 7 atom stereocenters. The first-order chi connectivity index (χ1) is 15.7. The highest BCUT2D eigenvalue weighted by molar-refractivity contribution is 5.87. The van der Waals surface area contributed by atoms with Crippen molar-refractivity contribution in [1.82, 2.24) is 0 Å². The van der Waals surface area contributed by atoms with Gasteiger partial charge in [0.15, 0.2) is 0 Å². The van der Waals surface area contributed by atoms with E-state index in [-0.39, 0.29) is 47.3 Å². The highest BCUT2D eigenvalue weighted by Crippen LogP contribution is 2.60. The molecular formula is C27H38O6. The molecule has 4 rings (SSSR count). The average Bonchev–Trinajstić information content (AvgIpc) is 3.70. The van der Waals surface area contributed by atoms with E-state index in [0.717, 1.165) is 37.2 Å². The normalized spacial score (nSPS) is 37.5. The van der Waals surface area contributed by atoms with Crippen LogP contribution >= 0.6 is 0 Å². The Morgan fingerprint density at radius 3 is 2.48 bits per heavy atom. The molecule has 0 unspecified atom stereocenters. The predicted octanol–water partition coefficient (Wildman–Crippen LogP) is 4.65. The van der Waals surface area contributed by atoms with Gasteiger partial charge >= 0.3 is 5.97 Å². The molecule has 182 valence electrons. The molecule has 6 heteroatoms. The van der Waals surface area contributed by atoms with Gasteiger partial charge in [-0.15, -0.1) is 0 Å². The van der Waals surface area contributed by atoms with Crippen LogP contribution in [0, 0.1) is 17.8 Å². The van der Waals surface area contributed by atoms with Crippen LogP contribution in [0.3, 0.4) is 0 Å². The first-order valence-electron chi connectivity index (χ1n) is 12.1. The van der Waals surface area contributed by atoms with Gasteiger partial charge in [-0.1, -0.05) is 32.9 Å². The molecule has 1 spiro atoms. The number of carbonyl (C=O) groups excluding carboxylic acids is 1. The molecule has 0 radical (unpaired) electrons. The number of hydrogen-bond acceptors (Lipinski definition) is 6. The zero-order valence-corrected chi connectivity index (χ0v) is 20.7. The quantitative estimate of drug-likeness (QED) is 0.305. The van der Waals surface area contributed by atoms with Crippen LogP contribution in [0.1, 0.15) is 52.5 Å². The number of epoxide rings is 2. The Morgan fingerprint density at radius 1 is 1.21 bits per heavy atom. The van der Waals surface area contributed by atoms with Crippen molar-refractivity contribution >= 4 is 12.0 Å². The lowest BCUT2D eigenvalue weighted by molar-refractivity contribution is -0.176. The SMILES string of the molecule is COc1ccc(/C=C/C(=O)O[C@H]2[C@@H](OC)[C@H]([C@@]3(C)O[C@@H]3CCC(C)C)[C@@]3(CO3)C[C@H]2C)cc1. The van der Waals surface area contributed by atoms with Gasteiger partial charge in [0.05, 0.1) is 25.7 Å². The maximum atomic E-state index is 12.8. The molecule has 6 nitrogen and oxygen atoms in total. The molecule has 0 aromatic heterocycles. The third kappa shape index (κ3) is 4.98. The second kappa shape index (κ2) is 9.40. The molecule has 2 aliphatic heterocycles. The standard InChI is InChI=1S/C27H38O6/c1-17(2)7-13-21-26(4,33-21)25-24(30-6)23(18(3)15-27(25)16-31-27)32-22(28)14-10-19-8-11-20(29-5)12-9-19/h8-12,14,17-18,21,23-25H,7,13,15-16H2,1-6H3/b14-10+/t18-,21-,23-,24-,25-,26+,27+/m1/s1. The third-order valence-electron chi connectivity index (χ3n) is 7.62. The van der Waals surface area contributed by atoms with Gasteiger partial charge in [0, 0.05) is 13.2 Å². The van der Waals surface area contributed by atoms with Gasteiger partial charge in [0.25, 0.3) is 0 Å². The van der Waals surface area contributed by atoms with Crippen LogP contribution in [0.25, 0.3) is 6.08 Å². The molecule has 0 N–H and O–H groups in total. The molecule has 2 saturated heterocycles. The lowest BCUT2D eigenvalue weighted by atomic mass is 9.65. The third-order valence-corrected chi connectivity index (χ3v) is 7.62. The van der Waals surface area contributed by atoms with E-state index in [1.165, 1.54) is 6.08 Å². The van der Waals surface area contributed by atoms with Crippen LogP contribution in [-0.4, -0.2) is 56.3 Å². The maximum absolute atomic E-state index is 12.8. The average molecular weight is 459 g/mol. The predicted molar refractivity (Wildman–Crippen MR) is 126 cm³/mol. The molecule has 1 saturated carbocycles. The van der Waals surface area contributed by atoms with Gasteiger partial charge in [-0.25, -0.2) is 4.79 Å². The van der Waals surface area contributed by atoms with Crippen molar-refractivity contribution < 1.29 is 28.5 Å². The van der Waals surface area contributed by atoms with Crippen LogP contribution in [0.2, 0.25) is 0 Å². The van der Waals surface area contributed by atoms with E-state index in [0.29, 0.717) is 5.92 Å². The van der Waals surface area contributed by atoms with Crippen molar-refractivity contribution in [3.63, 3.8) is 0 Å². The number of rotatable bonds is 9. The highest BCUT2D eigenvalue weighted by atomic mass is 16.6. The van der Waals surface area contributed by atoms with E-state index in [1.54, 1.807) is 20.3 Å². The van der Waals surface area contributed by atoms with Crippen molar-refractivity contribution in [1.29, 1.82) is 0 Å². The summed E-state index contributed by atoms with van der Waals surface area (Å²) in [5.74, 6) is 1.21. The molecule has 33 heavy (non-hydrogen) atoms. The van der Waals surface area contributed by atoms with Crippen LogP contribution in [0.5, 0.6) is 5.75 Å². The number of methoxy groups -OCH3 is 2. The minimum atomic E-state index is -0.366. The Labute approximate surface area is 197 Å². The van der Waals surface area contributed by atoms with E-state index < -0.39 is 0 Å². The molecule has 1 aromatic carbocycles. The smallest absolute Gasteiger partial charge is 0.331 e. The number of hydrogen-bond donors (Lipinski definition) is 0. The first kappa shape index (κ1) is 24.2. The van der Waals surface area contributed by atoms with Crippen molar-refractivity contribution in [3.8, 4) is 5.75 Å². The van der Waals surface area contributed by atoms with Crippen molar-refractivity contribution in [2.24, 2.45) is 17.8 Å². The molecular weight excluding hydrogens is 420 g/mol. The number of benzene rings is 1. The second-order valence-corrected chi connectivity index (χ2v) is 10.5. The number of ether oxygens (including phenoxy) is 5. The molecule has 0 bridgehead atoms. The van der Waals surface area contributed by atoms with Crippen molar-refractivity contribution in [2.75, 3.05) is 20.8 Å². The van der Waals surface area contributed by atoms with Crippen LogP contribution in [-0.2, 0) is 23.7 Å². The minimum absolute atomic E-state index is 0.0340. The summed E-state index contributed by atoms with van der Waals surface area (Å²) in [5.41, 5.74) is 0.363. The Kier molecular flexibility index (Phi) is 6.90. The fraction of sp³-hybridized carbons (Fsp3) is 0.667. The highest BCUT2D eigenvalue weighted by Gasteiger charge is 2.73. The van der Waals surface area contributed by atoms with Gasteiger partial charge in [-0.2, -0.15) is 0 Å². The van der Waals surface area contributed by atoms with E-state index >= 15 is 0 Å². The van der Waals surface area contributed by atoms with Gasteiger partial charge in [0.2, 0.25) is 0 Å². The summed E-state index contributed by atoms with van der Waals surface area (Å²) in [6, 6.07) is 7.52. The lowest BCUT2D eigenvalue weighted by Gasteiger charge is -2.45. The minimum Gasteiger partial charge on any atom is -0.497 e. The van der Waals surface area contributed by atoms with Crippen molar-refractivity contribution in [2.45, 2.75) is 76.5 Å². The summed E-state index contributed by atoms with van der Waals surface area (Å²) >= 11 is 0. The summed E-state index contributed by atoms with van der Waals surface area (Å²) in [7, 11) is 3.33. The summed E-state index contributed by atoms with van der Waals surface area (Å²) in [6.07, 6.45) is 5.81. The Balaban J connectivity index is 1.46. The lowest BCUT2D eigenvalue weighted by Crippen LogP contribution is -2.58. The van der Waals surface area contributed by atoms with Gasteiger partial charge in [-0.3, -0.25) is 0 Å². The van der Waals surface area contributed by atoms with Crippen LogP contribution in [0.4, 0.5) is 0 Å². The summed E-state index contributed by atoms with van der Waals surface area (Å²) in [6.45, 7) is 9.48. The summed E-state index contributed by atoms with van der Waals surface area (Å²) in [4.78, 5) is 12.8. The molecule has 3 aliphatic rings. The Hall–Kier alpha value is -1.89. The summed E-state index contributed by atoms with van der Waals surface area (Å²) < 4.78 is 29.5. The van der Waals surface area contributed by atoms with E-state index in [4.69, 9.17) is 23.7 Å². The topological polar surface area (TPSA) is 69.8 Å². The van der Waals surface area contributed by atoms with Crippen LogP contribution in [0.15, 0.2) is 30.3 Å². The van der Waals surface area contributed by atoms with E-state index in [1.807, 2.05) is 24.3 Å². The second-order valence-electron chi connectivity index (χ2n) is 10.5. The van der Waals surface area contributed by atoms with Gasteiger partial charge in [-0.05, 0) is 61.8 Å². The molecule has 0 amide bonds. The molecule has 2 heterocycles. The zero-order valence-electron chi connectivity index (χ0n) is 20.7. The number of esters is 1. The van der Waals surface area contributed by atoms with Crippen molar-refractivity contribution in [3.05, 3.63) is 35.9 Å². The monoisotopic (exact) mass is 458 g/mol. The summed E-state index contributed by atoms with van der Waals surface area (Å²) in [5, 5.41) is 0.